The highest BCUT2D eigenvalue weighted by Crippen LogP contribution is 2.26. The van der Waals surface area contributed by atoms with Gasteiger partial charge in [-0.05, 0) is 44.4 Å². The highest BCUT2D eigenvalue weighted by atomic mass is 35.5. The smallest absolute Gasteiger partial charge is 0.223 e. The number of nitrogens with one attached hydrogen (secondary N) is 2. The molecule has 6 heteroatoms. The van der Waals surface area contributed by atoms with Crippen LogP contribution in [0.15, 0.2) is 18.2 Å². The largest absolute Gasteiger partial charge is 0.492 e. The minimum atomic E-state index is -0.00415. The number of hydrogen-bond donors (Lipinski definition) is 2. The lowest BCUT2D eigenvalue weighted by Crippen LogP contribution is -2.33. The molecule has 128 valence electrons. The molecule has 0 fully saturated rings. The van der Waals surface area contributed by atoms with E-state index in [2.05, 4.69) is 15.3 Å². The van der Waals surface area contributed by atoms with Crippen LogP contribution < -0.4 is 10.1 Å². The van der Waals surface area contributed by atoms with Gasteiger partial charge in [0.15, 0.2) is 0 Å². The minimum Gasteiger partial charge on any atom is -0.492 e. The maximum atomic E-state index is 12.4. The molecule has 1 atom stereocenters. The van der Waals surface area contributed by atoms with E-state index in [0.29, 0.717) is 23.9 Å². The number of H-pyrrole nitrogens is 1. The Balaban J connectivity index is 1.57. The van der Waals surface area contributed by atoms with Crippen LogP contribution >= 0.6 is 11.6 Å². The van der Waals surface area contributed by atoms with E-state index < -0.39 is 0 Å². The number of halogens is 1. The van der Waals surface area contributed by atoms with Gasteiger partial charge in [-0.2, -0.15) is 0 Å². The van der Waals surface area contributed by atoms with Crippen molar-refractivity contribution < 1.29 is 9.53 Å². The highest BCUT2D eigenvalue weighted by molar-refractivity contribution is 6.32. The van der Waals surface area contributed by atoms with E-state index in [1.165, 1.54) is 0 Å². The van der Waals surface area contributed by atoms with Crippen LogP contribution in [0.2, 0.25) is 5.02 Å². The molecule has 0 saturated carbocycles. The number of amides is 1. The molecular formula is C18H22ClN3O2. The van der Waals surface area contributed by atoms with E-state index in [4.69, 9.17) is 16.3 Å². The quantitative estimate of drug-likeness (QED) is 0.872. The molecule has 24 heavy (non-hydrogen) atoms. The number of aromatic amines is 1. The van der Waals surface area contributed by atoms with Gasteiger partial charge in [0, 0.05) is 24.6 Å². The summed E-state index contributed by atoms with van der Waals surface area (Å²) in [6, 6.07) is 5.60. The molecule has 0 bridgehead atoms. The van der Waals surface area contributed by atoms with Gasteiger partial charge < -0.3 is 15.0 Å². The Morgan fingerprint density at radius 1 is 1.50 bits per heavy atom. The molecule has 0 spiro atoms. The Morgan fingerprint density at radius 3 is 3.08 bits per heavy atom. The third kappa shape index (κ3) is 3.73. The fourth-order valence-corrected chi connectivity index (χ4v) is 3.37. The Bertz CT molecular complexity index is 742. The zero-order valence-corrected chi connectivity index (χ0v) is 14.7. The minimum absolute atomic E-state index is 0.00415. The van der Waals surface area contributed by atoms with E-state index in [1.807, 2.05) is 32.0 Å². The summed E-state index contributed by atoms with van der Waals surface area (Å²) in [6.45, 7) is 4.91. The molecule has 1 aromatic carbocycles. The van der Waals surface area contributed by atoms with E-state index in [-0.39, 0.29) is 11.8 Å². The van der Waals surface area contributed by atoms with Crippen LogP contribution in [-0.4, -0.2) is 22.5 Å². The van der Waals surface area contributed by atoms with Gasteiger partial charge in [0.2, 0.25) is 5.91 Å². The molecule has 2 aromatic rings. The average molecular weight is 348 g/mol. The highest BCUT2D eigenvalue weighted by Gasteiger charge is 2.26. The fourth-order valence-electron chi connectivity index (χ4n) is 3.11. The van der Waals surface area contributed by atoms with Crippen LogP contribution in [0.25, 0.3) is 0 Å². The summed E-state index contributed by atoms with van der Waals surface area (Å²) in [5, 5.41) is 3.58. The molecule has 0 saturated heterocycles. The third-order valence-electron chi connectivity index (χ3n) is 4.30. The number of ether oxygens (including phenoxy) is 1. The number of rotatable bonds is 5. The van der Waals surface area contributed by atoms with Crippen molar-refractivity contribution in [3.63, 3.8) is 0 Å². The van der Waals surface area contributed by atoms with Gasteiger partial charge >= 0.3 is 0 Å². The van der Waals surface area contributed by atoms with Gasteiger partial charge in [-0.25, -0.2) is 4.98 Å². The lowest BCUT2D eigenvalue weighted by Gasteiger charge is -2.20. The van der Waals surface area contributed by atoms with Crippen LogP contribution in [0.5, 0.6) is 5.75 Å². The molecule has 5 nitrogen and oxygen atoms in total. The molecule has 1 aliphatic carbocycles. The van der Waals surface area contributed by atoms with Gasteiger partial charge in [-0.1, -0.05) is 17.7 Å². The maximum Gasteiger partial charge on any atom is 0.223 e. The van der Waals surface area contributed by atoms with Crippen LogP contribution in [0, 0.1) is 12.8 Å². The van der Waals surface area contributed by atoms with Crippen molar-refractivity contribution in [3.8, 4) is 5.75 Å². The topological polar surface area (TPSA) is 67.0 Å². The third-order valence-corrected chi connectivity index (χ3v) is 4.59. The first-order valence-corrected chi connectivity index (χ1v) is 8.68. The maximum absolute atomic E-state index is 12.4. The summed E-state index contributed by atoms with van der Waals surface area (Å²) in [7, 11) is 0. The summed E-state index contributed by atoms with van der Waals surface area (Å²) in [5.74, 6) is 1.67. The normalized spacial score (nSPS) is 16.5. The fraction of sp³-hybridized carbons (Fsp3) is 0.444. The summed E-state index contributed by atoms with van der Waals surface area (Å²) in [4.78, 5) is 20.2. The van der Waals surface area contributed by atoms with Crippen LogP contribution in [0.1, 0.15) is 36.1 Å². The first-order valence-electron chi connectivity index (χ1n) is 8.30. The number of nitrogens with zero attached hydrogens (tertiary/aromatic N) is 1. The molecule has 0 aliphatic heterocycles. The second-order valence-corrected chi connectivity index (χ2v) is 6.51. The Labute approximate surface area is 146 Å². The zero-order valence-electron chi connectivity index (χ0n) is 14.0. The van der Waals surface area contributed by atoms with Crippen LogP contribution in [0.4, 0.5) is 0 Å². The van der Waals surface area contributed by atoms with Gasteiger partial charge in [-0.15, -0.1) is 0 Å². The van der Waals surface area contributed by atoms with Gasteiger partial charge in [0.05, 0.1) is 17.3 Å². The first-order chi connectivity index (χ1) is 11.6. The first kappa shape index (κ1) is 16.8. The number of benzene rings is 1. The number of carbonyl (C=O) groups is 1. The molecule has 1 aliphatic rings. The number of hydrogen-bond acceptors (Lipinski definition) is 3. The van der Waals surface area contributed by atoms with Crippen molar-refractivity contribution in [2.45, 2.75) is 39.7 Å². The van der Waals surface area contributed by atoms with E-state index in [9.17, 15) is 4.79 Å². The SMILES string of the molecule is CCOc1ccc(CNC(=O)[C@H]2CCc3nc(C)[nH]c3C2)cc1Cl. The summed E-state index contributed by atoms with van der Waals surface area (Å²) >= 11 is 6.18. The van der Waals surface area contributed by atoms with Gasteiger partial charge in [-0.3, -0.25) is 4.79 Å². The molecule has 0 unspecified atom stereocenters. The van der Waals surface area contributed by atoms with E-state index in [1.54, 1.807) is 0 Å². The van der Waals surface area contributed by atoms with E-state index in [0.717, 1.165) is 42.0 Å². The number of carbonyl (C=O) groups excluding carboxylic acids is 1. The lowest BCUT2D eigenvalue weighted by molar-refractivity contribution is -0.125. The van der Waals surface area contributed by atoms with Gasteiger partial charge in [0.1, 0.15) is 11.6 Å². The predicted molar refractivity (Wildman–Crippen MR) is 93.3 cm³/mol. The zero-order chi connectivity index (χ0) is 17.1. The number of aryl methyl sites for hydroxylation is 2. The van der Waals surface area contributed by atoms with Crippen LogP contribution in [0.3, 0.4) is 0 Å². The molecular weight excluding hydrogens is 326 g/mol. The van der Waals surface area contributed by atoms with Crippen molar-refractivity contribution in [2.24, 2.45) is 5.92 Å². The lowest BCUT2D eigenvalue weighted by atomic mass is 9.89. The van der Waals surface area contributed by atoms with Crippen LogP contribution in [-0.2, 0) is 24.2 Å². The monoisotopic (exact) mass is 347 g/mol. The molecule has 1 heterocycles. The Morgan fingerprint density at radius 2 is 2.33 bits per heavy atom. The summed E-state index contributed by atoms with van der Waals surface area (Å²) in [5.41, 5.74) is 3.17. The standard InChI is InChI=1S/C18H22ClN3O2/c1-3-24-17-7-4-12(8-14(17)19)10-20-18(23)13-5-6-15-16(9-13)22-11(2)21-15/h4,7-8,13H,3,5-6,9-10H2,1-2H3,(H,20,23)(H,21,22)/t13-/m0/s1. The predicted octanol–water partition coefficient (Wildman–Crippen LogP) is 3.19. The number of fused-ring (bicyclic) bond motifs is 1. The second kappa shape index (κ2) is 7.26. The number of imidazole rings is 1. The average Bonchev–Trinajstić information content (AvgIpc) is 2.94. The van der Waals surface area contributed by atoms with Crippen molar-refractivity contribution in [3.05, 3.63) is 46.0 Å². The van der Waals surface area contributed by atoms with Crippen molar-refractivity contribution in [2.75, 3.05) is 6.61 Å². The summed E-state index contributed by atoms with van der Waals surface area (Å²) < 4.78 is 5.42. The second-order valence-electron chi connectivity index (χ2n) is 6.10. The molecule has 3 rings (SSSR count). The molecule has 1 amide bonds. The molecule has 1 aromatic heterocycles. The summed E-state index contributed by atoms with van der Waals surface area (Å²) in [6.07, 6.45) is 2.42. The molecule has 2 N–H and O–H groups in total. The Hall–Kier alpha value is -2.01. The number of aromatic nitrogens is 2. The van der Waals surface area contributed by atoms with E-state index >= 15 is 0 Å². The van der Waals surface area contributed by atoms with Crippen molar-refractivity contribution >= 4 is 17.5 Å². The Kier molecular flexibility index (Phi) is 5.09. The van der Waals surface area contributed by atoms with Crippen molar-refractivity contribution in [1.29, 1.82) is 0 Å². The molecule has 0 radical (unpaired) electrons. The van der Waals surface area contributed by atoms with Crippen molar-refractivity contribution in [1.82, 2.24) is 15.3 Å². The van der Waals surface area contributed by atoms with Gasteiger partial charge in [0.25, 0.3) is 0 Å².